The molecule has 0 spiro atoms. The number of alkyl halides is 1. The molecule has 0 saturated carbocycles. The largest absolute Gasteiger partial charge is 0.121 e. The van der Waals surface area contributed by atoms with Crippen molar-refractivity contribution >= 4 is 45.8 Å². The van der Waals surface area contributed by atoms with Crippen LogP contribution < -0.4 is 0 Å². The van der Waals surface area contributed by atoms with Gasteiger partial charge < -0.3 is 0 Å². The molecule has 0 heterocycles. The lowest BCUT2D eigenvalue weighted by Gasteiger charge is -2.03. The Morgan fingerprint density at radius 3 is 2.64 bits per heavy atom. The number of rotatable bonds is 1. The number of halogens is 3. The lowest BCUT2D eigenvalue weighted by molar-refractivity contribution is 1.33. The third-order valence-corrected chi connectivity index (χ3v) is 3.27. The van der Waals surface area contributed by atoms with Gasteiger partial charge in [0.05, 0.1) is 0 Å². The van der Waals surface area contributed by atoms with Gasteiger partial charge in [0.2, 0.25) is 0 Å². The van der Waals surface area contributed by atoms with Crippen LogP contribution in [0.1, 0.15) is 11.1 Å². The molecule has 0 bridgehead atoms. The first-order valence-corrected chi connectivity index (χ1v) is 5.14. The summed E-state index contributed by atoms with van der Waals surface area (Å²) >= 11 is 13.9. The Morgan fingerprint density at radius 1 is 1.45 bits per heavy atom. The van der Waals surface area contributed by atoms with E-state index in [0.717, 1.165) is 10.6 Å². The summed E-state index contributed by atoms with van der Waals surface area (Å²) in [6, 6.07) is 3.96. The van der Waals surface area contributed by atoms with E-state index in [1.807, 2.05) is 19.1 Å². The fraction of sp³-hybridized carbons (Fsp3) is 0.250. The molecule has 0 saturated heterocycles. The average Bonchev–Trinajstić information content (AvgIpc) is 1.97. The molecular formula is C8H7Cl2I. The molecule has 60 valence electrons. The molecule has 0 unspecified atom stereocenters. The first-order chi connectivity index (χ1) is 5.15. The second-order valence-corrected chi connectivity index (χ2v) is 4.16. The van der Waals surface area contributed by atoms with Gasteiger partial charge in [-0.1, -0.05) is 11.6 Å². The maximum atomic E-state index is 5.91. The van der Waals surface area contributed by atoms with E-state index < -0.39 is 0 Å². The topological polar surface area (TPSA) is 0 Å². The minimum atomic E-state index is 0.481. The quantitative estimate of drug-likeness (QED) is 0.543. The minimum Gasteiger partial charge on any atom is -0.121 e. The Kier molecular flexibility index (Phi) is 3.47. The van der Waals surface area contributed by atoms with Crippen molar-refractivity contribution in [3.8, 4) is 0 Å². The molecular weight excluding hydrogens is 294 g/mol. The highest BCUT2D eigenvalue weighted by molar-refractivity contribution is 14.1. The summed E-state index contributed by atoms with van der Waals surface area (Å²) in [5, 5.41) is 0.762. The van der Waals surface area contributed by atoms with Gasteiger partial charge in [-0.05, 0) is 52.8 Å². The lowest BCUT2D eigenvalue weighted by atomic mass is 10.2. The number of benzene rings is 1. The van der Waals surface area contributed by atoms with Crippen LogP contribution in [0, 0.1) is 10.5 Å². The minimum absolute atomic E-state index is 0.481. The van der Waals surface area contributed by atoms with Crippen LogP contribution in [0.15, 0.2) is 12.1 Å². The van der Waals surface area contributed by atoms with E-state index in [1.165, 1.54) is 9.13 Å². The molecule has 0 amide bonds. The average molecular weight is 301 g/mol. The van der Waals surface area contributed by atoms with Crippen molar-refractivity contribution in [2.24, 2.45) is 0 Å². The van der Waals surface area contributed by atoms with Crippen molar-refractivity contribution < 1.29 is 0 Å². The lowest BCUT2D eigenvalue weighted by Crippen LogP contribution is -1.85. The Balaban J connectivity index is 3.21. The summed E-state index contributed by atoms with van der Waals surface area (Å²) < 4.78 is 1.21. The molecule has 0 fully saturated rings. The Morgan fingerprint density at radius 2 is 2.09 bits per heavy atom. The zero-order chi connectivity index (χ0) is 8.43. The van der Waals surface area contributed by atoms with E-state index in [4.69, 9.17) is 23.2 Å². The van der Waals surface area contributed by atoms with Crippen LogP contribution in [0.25, 0.3) is 0 Å². The molecule has 1 aromatic rings. The van der Waals surface area contributed by atoms with Crippen molar-refractivity contribution in [1.29, 1.82) is 0 Å². The van der Waals surface area contributed by atoms with Gasteiger partial charge >= 0.3 is 0 Å². The van der Waals surface area contributed by atoms with Gasteiger partial charge in [-0.25, -0.2) is 0 Å². The Hall–Kier alpha value is 0.530. The van der Waals surface area contributed by atoms with Crippen molar-refractivity contribution in [2.45, 2.75) is 12.8 Å². The van der Waals surface area contributed by atoms with Crippen molar-refractivity contribution in [3.63, 3.8) is 0 Å². The predicted octanol–water partition coefficient (Wildman–Crippen LogP) is 3.99. The Labute approximate surface area is 90.0 Å². The fourth-order valence-electron chi connectivity index (χ4n) is 0.790. The second kappa shape index (κ2) is 3.97. The maximum absolute atomic E-state index is 5.91. The smallest absolute Gasteiger partial charge is 0.0489 e. The molecule has 0 aliphatic carbocycles. The number of hydrogen-bond donors (Lipinski definition) is 0. The van der Waals surface area contributed by atoms with E-state index in [9.17, 15) is 0 Å². The van der Waals surface area contributed by atoms with Gasteiger partial charge in [-0.2, -0.15) is 0 Å². The Bertz CT molecular complexity index is 271. The van der Waals surface area contributed by atoms with Gasteiger partial charge in [0.15, 0.2) is 0 Å². The van der Waals surface area contributed by atoms with Crippen LogP contribution in [0.5, 0.6) is 0 Å². The summed E-state index contributed by atoms with van der Waals surface area (Å²) in [6.45, 7) is 2.03. The highest BCUT2D eigenvalue weighted by Crippen LogP contribution is 2.23. The van der Waals surface area contributed by atoms with E-state index in [1.54, 1.807) is 0 Å². The second-order valence-electron chi connectivity index (χ2n) is 2.33. The summed E-state index contributed by atoms with van der Waals surface area (Å²) in [6.07, 6.45) is 0. The summed E-state index contributed by atoms with van der Waals surface area (Å²) in [4.78, 5) is 0. The first kappa shape index (κ1) is 9.62. The maximum Gasteiger partial charge on any atom is 0.0489 e. The van der Waals surface area contributed by atoms with Crippen LogP contribution in [-0.4, -0.2) is 0 Å². The molecule has 0 aliphatic rings. The predicted molar refractivity (Wildman–Crippen MR) is 58.5 cm³/mol. The number of aryl methyl sites for hydroxylation is 1. The standard InChI is InChI=1S/C8H7Cl2I/c1-5-2-7(10)6(4-9)3-8(5)11/h2-3H,4H2,1H3. The van der Waals surface area contributed by atoms with E-state index in [0.29, 0.717) is 5.88 Å². The number of hydrogen-bond acceptors (Lipinski definition) is 0. The molecule has 3 heteroatoms. The SMILES string of the molecule is Cc1cc(Cl)c(CCl)cc1I. The van der Waals surface area contributed by atoms with E-state index in [-0.39, 0.29) is 0 Å². The van der Waals surface area contributed by atoms with Crippen LogP contribution in [0.3, 0.4) is 0 Å². The summed E-state index contributed by atoms with van der Waals surface area (Å²) in [5.41, 5.74) is 2.20. The van der Waals surface area contributed by atoms with Gasteiger partial charge in [0.25, 0.3) is 0 Å². The molecule has 0 radical (unpaired) electrons. The highest BCUT2D eigenvalue weighted by Gasteiger charge is 2.01. The third kappa shape index (κ3) is 2.23. The fourth-order valence-corrected chi connectivity index (χ4v) is 1.90. The first-order valence-electron chi connectivity index (χ1n) is 3.15. The van der Waals surface area contributed by atoms with Gasteiger partial charge in [-0.15, -0.1) is 11.6 Å². The van der Waals surface area contributed by atoms with Crippen molar-refractivity contribution in [2.75, 3.05) is 0 Å². The monoisotopic (exact) mass is 300 g/mol. The summed E-state index contributed by atoms with van der Waals surface area (Å²) in [7, 11) is 0. The highest BCUT2D eigenvalue weighted by atomic mass is 127. The zero-order valence-electron chi connectivity index (χ0n) is 6.00. The molecule has 1 rings (SSSR count). The van der Waals surface area contributed by atoms with Crippen molar-refractivity contribution in [1.82, 2.24) is 0 Å². The summed E-state index contributed by atoms with van der Waals surface area (Å²) in [5.74, 6) is 0.481. The van der Waals surface area contributed by atoms with Gasteiger partial charge in [0.1, 0.15) is 0 Å². The molecule has 0 atom stereocenters. The van der Waals surface area contributed by atoms with Crippen LogP contribution in [0.2, 0.25) is 5.02 Å². The normalized spacial score (nSPS) is 10.2. The molecule has 0 N–H and O–H groups in total. The van der Waals surface area contributed by atoms with Crippen LogP contribution >= 0.6 is 45.8 Å². The molecule has 1 aromatic carbocycles. The molecule has 0 aliphatic heterocycles. The van der Waals surface area contributed by atoms with E-state index in [2.05, 4.69) is 22.6 Å². The molecule has 0 aromatic heterocycles. The van der Waals surface area contributed by atoms with E-state index >= 15 is 0 Å². The zero-order valence-corrected chi connectivity index (χ0v) is 9.67. The molecule has 11 heavy (non-hydrogen) atoms. The van der Waals surface area contributed by atoms with Gasteiger partial charge in [-0.3, -0.25) is 0 Å². The third-order valence-electron chi connectivity index (χ3n) is 1.47. The van der Waals surface area contributed by atoms with Gasteiger partial charge in [0, 0.05) is 14.5 Å². The van der Waals surface area contributed by atoms with Crippen LogP contribution in [0.4, 0.5) is 0 Å². The van der Waals surface area contributed by atoms with Crippen LogP contribution in [-0.2, 0) is 5.88 Å². The molecule has 0 nitrogen and oxygen atoms in total. The van der Waals surface area contributed by atoms with Crippen molar-refractivity contribution in [3.05, 3.63) is 31.9 Å².